The highest BCUT2D eigenvalue weighted by Gasteiger charge is 2.13. The Labute approximate surface area is 137 Å². The molecule has 0 spiro atoms. The smallest absolute Gasteiger partial charge is 0.231 e. The van der Waals surface area contributed by atoms with Crippen LogP contribution in [0, 0.1) is 6.92 Å². The van der Waals surface area contributed by atoms with Crippen LogP contribution in [0.25, 0.3) is 17.8 Å². The van der Waals surface area contributed by atoms with Gasteiger partial charge < -0.3 is 9.47 Å². The number of aromatic nitrogens is 3. The van der Waals surface area contributed by atoms with Crippen LogP contribution in [0.15, 0.2) is 35.5 Å². The van der Waals surface area contributed by atoms with E-state index in [0.717, 1.165) is 39.0 Å². The third kappa shape index (κ3) is 2.45. The highest BCUT2D eigenvalue weighted by Crippen LogP contribution is 2.33. The Morgan fingerprint density at radius 3 is 2.91 bits per heavy atom. The number of rotatable bonds is 3. The largest absolute Gasteiger partial charge is 0.454 e. The molecule has 116 valence electrons. The van der Waals surface area contributed by atoms with E-state index < -0.39 is 0 Å². The number of benzene rings is 1. The first-order chi connectivity index (χ1) is 11.3. The zero-order valence-electron chi connectivity index (χ0n) is 12.8. The van der Waals surface area contributed by atoms with Crippen LogP contribution >= 0.6 is 11.8 Å². The molecule has 3 aromatic rings. The summed E-state index contributed by atoms with van der Waals surface area (Å²) in [6.45, 7) is 2.36. The SMILES string of the molecule is CSc1nc2ccnn2c(/C=C/c2ccc3c(c2)OCO3)c1C. The first-order valence-corrected chi connectivity index (χ1v) is 8.45. The first-order valence-electron chi connectivity index (χ1n) is 7.22. The Morgan fingerprint density at radius 1 is 1.17 bits per heavy atom. The standard InChI is InChI=1S/C17H15N3O2S/c1-11-13(20-16(7-8-18-20)19-17(11)23-2)5-3-12-4-6-14-15(9-12)22-10-21-14/h3-9H,10H2,1-2H3/b5-3+. The van der Waals surface area contributed by atoms with Crippen molar-refractivity contribution in [2.75, 3.05) is 13.0 Å². The van der Waals surface area contributed by atoms with Gasteiger partial charge in [0.2, 0.25) is 6.79 Å². The van der Waals surface area contributed by atoms with E-state index in [9.17, 15) is 0 Å². The van der Waals surface area contributed by atoms with Gasteiger partial charge in [-0.15, -0.1) is 11.8 Å². The Kier molecular flexibility index (Phi) is 3.46. The molecule has 0 saturated carbocycles. The molecule has 6 heteroatoms. The van der Waals surface area contributed by atoms with Gasteiger partial charge in [-0.1, -0.05) is 12.1 Å². The van der Waals surface area contributed by atoms with Gasteiger partial charge in [0.15, 0.2) is 17.1 Å². The average Bonchev–Trinajstić information content (AvgIpc) is 3.21. The quantitative estimate of drug-likeness (QED) is 0.543. The topological polar surface area (TPSA) is 48.7 Å². The molecule has 0 saturated heterocycles. The molecule has 5 nitrogen and oxygen atoms in total. The van der Waals surface area contributed by atoms with E-state index in [1.54, 1.807) is 18.0 Å². The normalized spacial score (nSPS) is 13.3. The zero-order chi connectivity index (χ0) is 15.8. The van der Waals surface area contributed by atoms with Crippen molar-refractivity contribution in [1.29, 1.82) is 0 Å². The second-order valence-electron chi connectivity index (χ2n) is 5.18. The fourth-order valence-electron chi connectivity index (χ4n) is 2.61. The minimum atomic E-state index is 0.289. The van der Waals surface area contributed by atoms with E-state index in [1.807, 2.05) is 35.0 Å². The molecule has 0 aliphatic carbocycles. The summed E-state index contributed by atoms with van der Waals surface area (Å²) in [6.07, 6.45) is 7.92. The predicted molar refractivity (Wildman–Crippen MR) is 91.0 cm³/mol. The number of nitrogens with zero attached hydrogens (tertiary/aromatic N) is 3. The molecule has 0 unspecified atom stereocenters. The van der Waals surface area contributed by atoms with Gasteiger partial charge in [0, 0.05) is 11.6 Å². The Bertz CT molecular complexity index is 918. The average molecular weight is 325 g/mol. The van der Waals surface area contributed by atoms with E-state index in [4.69, 9.17) is 9.47 Å². The summed E-state index contributed by atoms with van der Waals surface area (Å²) in [5.74, 6) is 1.58. The Balaban J connectivity index is 1.77. The zero-order valence-corrected chi connectivity index (χ0v) is 13.6. The summed E-state index contributed by atoms with van der Waals surface area (Å²) in [6, 6.07) is 7.83. The van der Waals surface area contributed by atoms with Crippen LogP contribution in [-0.4, -0.2) is 27.6 Å². The molecule has 23 heavy (non-hydrogen) atoms. The number of thioether (sulfide) groups is 1. The number of ether oxygens (including phenoxy) is 2. The minimum Gasteiger partial charge on any atom is -0.454 e. The monoisotopic (exact) mass is 325 g/mol. The highest BCUT2D eigenvalue weighted by molar-refractivity contribution is 7.98. The molecular weight excluding hydrogens is 310 g/mol. The van der Waals surface area contributed by atoms with Gasteiger partial charge in [0.05, 0.1) is 11.9 Å². The third-order valence-corrected chi connectivity index (χ3v) is 4.58. The molecule has 4 rings (SSSR count). The molecule has 1 aliphatic heterocycles. The van der Waals surface area contributed by atoms with Gasteiger partial charge in [-0.25, -0.2) is 9.50 Å². The molecule has 0 amide bonds. The fourth-order valence-corrected chi connectivity index (χ4v) is 3.20. The van der Waals surface area contributed by atoms with Crippen LogP contribution in [0.1, 0.15) is 16.8 Å². The fraction of sp³-hybridized carbons (Fsp3) is 0.176. The van der Waals surface area contributed by atoms with Crippen LogP contribution < -0.4 is 9.47 Å². The van der Waals surface area contributed by atoms with Crippen LogP contribution in [0.2, 0.25) is 0 Å². The van der Waals surface area contributed by atoms with E-state index in [1.165, 1.54) is 0 Å². The molecule has 0 fully saturated rings. The second kappa shape index (κ2) is 5.62. The molecule has 0 atom stereocenters. The van der Waals surface area contributed by atoms with E-state index >= 15 is 0 Å². The van der Waals surface area contributed by atoms with E-state index in [-0.39, 0.29) is 6.79 Å². The van der Waals surface area contributed by atoms with Gasteiger partial charge in [-0.2, -0.15) is 5.10 Å². The third-order valence-electron chi connectivity index (χ3n) is 3.80. The maximum atomic E-state index is 5.42. The summed E-state index contributed by atoms with van der Waals surface area (Å²) >= 11 is 1.64. The summed E-state index contributed by atoms with van der Waals surface area (Å²) in [5, 5.41) is 5.39. The van der Waals surface area contributed by atoms with Crippen molar-refractivity contribution in [1.82, 2.24) is 14.6 Å². The number of hydrogen-bond donors (Lipinski definition) is 0. The molecule has 1 aliphatic rings. The molecule has 2 aromatic heterocycles. The maximum Gasteiger partial charge on any atom is 0.231 e. The van der Waals surface area contributed by atoms with Crippen molar-refractivity contribution >= 4 is 29.6 Å². The lowest BCUT2D eigenvalue weighted by Crippen LogP contribution is -2.01. The lowest BCUT2D eigenvalue weighted by molar-refractivity contribution is 0.174. The number of fused-ring (bicyclic) bond motifs is 2. The summed E-state index contributed by atoms with van der Waals surface area (Å²) in [4.78, 5) is 4.61. The van der Waals surface area contributed by atoms with Crippen LogP contribution in [0.3, 0.4) is 0 Å². The molecule has 0 radical (unpaired) electrons. The van der Waals surface area contributed by atoms with Crippen molar-refractivity contribution in [3.05, 3.63) is 47.3 Å². The molecule has 1 aromatic carbocycles. The van der Waals surface area contributed by atoms with Crippen molar-refractivity contribution < 1.29 is 9.47 Å². The van der Waals surface area contributed by atoms with E-state index in [2.05, 4.69) is 29.2 Å². The van der Waals surface area contributed by atoms with Crippen LogP contribution in [0.4, 0.5) is 0 Å². The van der Waals surface area contributed by atoms with Gasteiger partial charge in [0.25, 0.3) is 0 Å². The molecule has 0 bridgehead atoms. The molecule has 3 heterocycles. The maximum absolute atomic E-state index is 5.42. The van der Waals surface area contributed by atoms with Crippen molar-refractivity contribution in [2.24, 2.45) is 0 Å². The molecule has 0 N–H and O–H groups in total. The number of hydrogen-bond acceptors (Lipinski definition) is 5. The molecular formula is C17H15N3O2S. The van der Waals surface area contributed by atoms with Crippen LogP contribution in [0.5, 0.6) is 11.5 Å². The van der Waals surface area contributed by atoms with E-state index in [0.29, 0.717) is 0 Å². The Morgan fingerprint density at radius 2 is 2.04 bits per heavy atom. The Hall–Kier alpha value is -2.47. The van der Waals surface area contributed by atoms with Crippen LogP contribution in [-0.2, 0) is 0 Å². The lowest BCUT2D eigenvalue weighted by atomic mass is 10.1. The van der Waals surface area contributed by atoms with Crippen molar-refractivity contribution in [2.45, 2.75) is 11.9 Å². The van der Waals surface area contributed by atoms with Gasteiger partial charge >= 0.3 is 0 Å². The second-order valence-corrected chi connectivity index (χ2v) is 5.97. The minimum absolute atomic E-state index is 0.289. The lowest BCUT2D eigenvalue weighted by Gasteiger charge is -2.08. The predicted octanol–water partition coefficient (Wildman–Crippen LogP) is 3.66. The van der Waals surface area contributed by atoms with Crippen molar-refractivity contribution in [3.8, 4) is 11.5 Å². The van der Waals surface area contributed by atoms with Gasteiger partial charge in [-0.3, -0.25) is 0 Å². The summed E-state index contributed by atoms with van der Waals surface area (Å²) in [5.41, 5.74) is 4.05. The summed E-state index contributed by atoms with van der Waals surface area (Å²) < 4.78 is 12.6. The van der Waals surface area contributed by atoms with Gasteiger partial charge in [-0.05, 0) is 37.0 Å². The van der Waals surface area contributed by atoms with Gasteiger partial charge in [0.1, 0.15) is 5.03 Å². The van der Waals surface area contributed by atoms with Crippen molar-refractivity contribution in [3.63, 3.8) is 0 Å². The summed E-state index contributed by atoms with van der Waals surface area (Å²) in [7, 11) is 0. The highest BCUT2D eigenvalue weighted by atomic mass is 32.2. The first kappa shape index (κ1) is 14.1.